The molecule has 9 nitrogen and oxygen atoms in total. The lowest BCUT2D eigenvalue weighted by molar-refractivity contribution is -0.117. The SMILES string of the molecule is CC(=O)c1ccc(-c2nccc3[nH]c(-c4n[nH]c5ccc(-c6cncc(NC(=O)CC7CCCCC7)c6)cc45)nc23)s1. The Morgan fingerprint density at radius 2 is 1.86 bits per heavy atom. The number of amides is 1. The Hall–Kier alpha value is -4.70. The molecular weight excluding hydrogens is 546 g/mol. The second kappa shape index (κ2) is 10.9. The Morgan fingerprint density at radius 3 is 2.69 bits per heavy atom. The zero-order valence-electron chi connectivity index (χ0n) is 23.1. The molecule has 1 aliphatic carbocycles. The van der Waals surface area contributed by atoms with Crippen LogP contribution in [0, 0.1) is 5.92 Å². The summed E-state index contributed by atoms with van der Waals surface area (Å²) in [6, 6.07) is 13.6. The van der Waals surface area contributed by atoms with E-state index in [1.54, 1.807) is 25.5 Å². The van der Waals surface area contributed by atoms with Crippen molar-refractivity contribution in [2.24, 2.45) is 5.92 Å². The summed E-state index contributed by atoms with van der Waals surface area (Å²) in [5, 5.41) is 11.7. The molecule has 1 saturated carbocycles. The fourth-order valence-corrected chi connectivity index (χ4v) is 6.69. The minimum absolute atomic E-state index is 0.0301. The van der Waals surface area contributed by atoms with E-state index in [9.17, 15) is 9.59 Å². The third-order valence-corrected chi connectivity index (χ3v) is 9.12. The molecule has 0 bridgehead atoms. The number of thiophene rings is 1. The number of pyridine rings is 2. The number of benzene rings is 1. The van der Waals surface area contributed by atoms with E-state index in [1.165, 1.54) is 30.6 Å². The summed E-state index contributed by atoms with van der Waals surface area (Å²) in [4.78, 5) is 43.4. The second-order valence-electron chi connectivity index (χ2n) is 10.9. The first-order chi connectivity index (χ1) is 20.5. The number of hydrogen-bond donors (Lipinski definition) is 3. The van der Waals surface area contributed by atoms with Gasteiger partial charge in [-0.05, 0) is 67.6 Å². The average molecular weight is 576 g/mol. The molecule has 1 amide bonds. The van der Waals surface area contributed by atoms with Crippen LogP contribution in [0.4, 0.5) is 5.69 Å². The predicted molar refractivity (Wildman–Crippen MR) is 165 cm³/mol. The predicted octanol–water partition coefficient (Wildman–Crippen LogP) is 7.40. The number of anilines is 1. The molecular formula is C32H29N7O2S. The van der Waals surface area contributed by atoms with Crippen molar-refractivity contribution in [1.29, 1.82) is 0 Å². The number of Topliss-reactive ketones (excluding diaryl/α,β-unsaturated/α-hetero) is 1. The van der Waals surface area contributed by atoms with Gasteiger partial charge in [0, 0.05) is 29.8 Å². The quantitative estimate of drug-likeness (QED) is 0.170. The van der Waals surface area contributed by atoms with Crippen LogP contribution in [0.15, 0.2) is 61.1 Å². The normalized spacial score (nSPS) is 14.0. The standard InChI is InChI=1S/C32H29N7O2S/c1-18(40)26-9-10-27(42-26)31-30-25(11-12-34-31)36-32(37-30)29-23-15-20(7-8-24(23)38-39-29)21-14-22(17-33-16-21)35-28(41)13-19-5-3-2-4-6-19/h7-12,14-17,19H,2-6,13H2,1H3,(H,35,41)(H,36,37)(H,38,39). The molecule has 0 unspecified atom stereocenters. The van der Waals surface area contributed by atoms with Gasteiger partial charge in [0.15, 0.2) is 11.6 Å². The third kappa shape index (κ3) is 5.09. The monoisotopic (exact) mass is 575 g/mol. The number of aromatic amines is 2. The lowest BCUT2D eigenvalue weighted by Crippen LogP contribution is -2.18. The first-order valence-electron chi connectivity index (χ1n) is 14.2. The van der Waals surface area contributed by atoms with Crippen molar-refractivity contribution in [1.82, 2.24) is 30.1 Å². The molecule has 1 aromatic carbocycles. The Balaban J connectivity index is 1.19. The van der Waals surface area contributed by atoms with Gasteiger partial charge in [-0.1, -0.05) is 25.3 Å². The fraction of sp³-hybridized carbons (Fsp3) is 0.250. The summed E-state index contributed by atoms with van der Waals surface area (Å²) >= 11 is 1.41. The Morgan fingerprint density at radius 1 is 0.976 bits per heavy atom. The number of aromatic nitrogens is 6. The largest absolute Gasteiger partial charge is 0.336 e. The number of ketones is 1. The summed E-state index contributed by atoms with van der Waals surface area (Å²) in [6.45, 7) is 1.56. The first kappa shape index (κ1) is 26.2. The Bertz CT molecular complexity index is 1950. The molecule has 6 aromatic rings. The molecule has 1 fully saturated rings. The highest BCUT2D eigenvalue weighted by molar-refractivity contribution is 7.17. The van der Waals surface area contributed by atoms with E-state index in [4.69, 9.17) is 4.98 Å². The van der Waals surface area contributed by atoms with Crippen molar-refractivity contribution in [3.63, 3.8) is 0 Å². The van der Waals surface area contributed by atoms with E-state index in [0.29, 0.717) is 34.4 Å². The second-order valence-corrected chi connectivity index (χ2v) is 12.0. The Labute approximate surface area is 245 Å². The summed E-state index contributed by atoms with van der Waals surface area (Å²) in [6.07, 6.45) is 11.8. The molecule has 5 aromatic heterocycles. The molecule has 0 aliphatic heterocycles. The van der Waals surface area contributed by atoms with Gasteiger partial charge in [-0.15, -0.1) is 11.3 Å². The van der Waals surface area contributed by atoms with Crippen LogP contribution < -0.4 is 5.32 Å². The van der Waals surface area contributed by atoms with Crippen LogP contribution in [0.2, 0.25) is 0 Å². The minimum atomic E-state index is 0.0301. The van der Waals surface area contributed by atoms with Gasteiger partial charge < -0.3 is 10.3 Å². The summed E-state index contributed by atoms with van der Waals surface area (Å²) in [5.41, 5.74) is 6.39. The lowest BCUT2D eigenvalue weighted by atomic mass is 9.87. The maximum Gasteiger partial charge on any atom is 0.224 e. The summed E-state index contributed by atoms with van der Waals surface area (Å²) < 4.78 is 0. The molecule has 0 saturated heterocycles. The van der Waals surface area contributed by atoms with Gasteiger partial charge in [0.2, 0.25) is 5.91 Å². The van der Waals surface area contributed by atoms with Crippen molar-refractivity contribution in [3.05, 3.63) is 65.9 Å². The minimum Gasteiger partial charge on any atom is -0.336 e. The highest BCUT2D eigenvalue weighted by Gasteiger charge is 2.19. The maximum atomic E-state index is 12.7. The van der Waals surface area contributed by atoms with Crippen LogP contribution >= 0.6 is 11.3 Å². The van der Waals surface area contributed by atoms with Gasteiger partial charge in [-0.2, -0.15) is 5.10 Å². The third-order valence-electron chi connectivity index (χ3n) is 7.93. The van der Waals surface area contributed by atoms with Crippen molar-refractivity contribution in [2.45, 2.75) is 45.4 Å². The maximum absolute atomic E-state index is 12.7. The van der Waals surface area contributed by atoms with E-state index >= 15 is 0 Å². The van der Waals surface area contributed by atoms with Gasteiger partial charge in [0.05, 0.1) is 32.7 Å². The molecule has 0 radical (unpaired) electrons. The summed E-state index contributed by atoms with van der Waals surface area (Å²) in [5.74, 6) is 1.17. The lowest BCUT2D eigenvalue weighted by Gasteiger charge is -2.20. The highest BCUT2D eigenvalue weighted by Crippen LogP contribution is 2.35. The number of hydrogen-bond acceptors (Lipinski definition) is 7. The van der Waals surface area contributed by atoms with E-state index in [1.807, 2.05) is 36.4 Å². The van der Waals surface area contributed by atoms with Crippen LogP contribution in [0.5, 0.6) is 0 Å². The van der Waals surface area contributed by atoms with Crippen LogP contribution in [0.1, 0.15) is 55.1 Å². The molecule has 5 heterocycles. The van der Waals surface area contributed by atoms with Gasteiger partial charge in [0.25, 0.3) is 0 Å². The highest BCUT2D eigenvalue weighted by atomic mass is 32.1. The van der Waals surface area contributed by atoms with Crippen molar-refractivity contribution in [2.75, 3.05) is 5.32 Å². The number of carbonyl (C=O) groups is 2. The van der Waals surface area contributed by atoms with Crippen LogP contribution in [-0.4, -0.2) is 41.8 Å². The van der Waals surface area contributed by atoms with E-state index < -0.39 is 0 Å². The molecule has 0 atom stereocenters. The number of fused-ring (bicyclic) bond motifs is 2. The average Bonchev–Trinajstić information content (AvgIpc) is 3.75. The topological polar surface area (TPSA) is 129 Å². The number of carbonyl (C=O) groups excluding carboxylic acids is 2. The molecule has 7 rings (SSSR count). The zero-order chi connectivity index (χ0) is 28.6. The number of imidazole rings is 1. The first-order valence-corrected chi connectivity index (χ1v) is 15.0. The molecule has 1 aliphatic rings. The molecule has 42 heavy (non-hydrogen) atoms. The number of H-pyrrole nitrogens is 2. The van der Waals surface area contributed by atoms with Gasteiger partial charge in [0.1, 0.15) is 16.9 Å². The van der Waals surface area contributed by atoms with Crippen molar-refractivity contribution >= 4 is 50.7 Å². The van der Waals surface area contributed by atoms with E-state index in [-0.39, 0.29) is 11.7 Å². The Kier molecular flexibility index (Phi) is 6.83. The van der Waals surface area contributed by atoms with Gasteiger partial charge in [-0.3, -0.25) is 24.7 Å². The van der Waals surface area contributed by atoms with Crippen molar-refractivity contribution < 1.29 is 9.59 Å². The van der Waals surface area contributed by atoms with Crippen LogP contribution in [0.25, 0.3) is 55.2 Å². The van der Waals surface area contributed by atoms with Gasteiger partial charge in [-0.25, -0.2) is 4.98 Å². The molecule has 0 spiro atoms. The van der Waals surface area contributed by atoms with E-state index in [2.05, 4.69) is 36.5 Å². The molecule has 10 heteroatoms. The number of nitrogens with one attached hydrogen (secondary N) is 3. The fourth-order valence-electron chi connectivity index (χ4n) is 5.79. The number of nitrogens with zero attached hydrogens (tertiary/aromatic N) is 4. The van der Waals surface area contributed by atoms with Crippen molar-refractivity contribution in [3.8, 4) is 33.2 Å². The number of rotatable bonds is 7. The van der Waals surface area contributed by atoms with Gasteiger partial charge >= 0.3 is 0 Å². The van der Waals surface area contributed by atoms with E-state index in [0.717, 1.165) is 56.5 Å². The zero-order valence-corrected chi connectivity index (χ0v) is 23.9. The smallest absolute Gasteiger partial charge is 0.224 e. The molecule has 3 N–H and O–H groups in total. The van der Waals surface area contributed by atoms with Crippen LogP contribution in [0.3, 0.4) is 0 Å². The summed E-state index contributed by atoms with van der Waals surface area (Å²) in [7, 11) is 0. The molecule has 210 valence electrons. The van der Waals surface area contributed by atoms with Crippen LogP contribution in [-0.2, 0) is 4.79 Å².